The molecular formula is C66H41BN2O3. The third-order valence-electron chi connectivity index (χ3n) is 14.7. The summed E-state index contributed by atoms with van der Waals surface area (Å²) in [5, 5.41) is 4.88. The van der Waals surface area contributed by atoms with Gasteiger partial charge in [-0.05, 0) is 105 Å². The van der Waals surface area contributed by atoms with E-state index >= 15 is 0 Å². The van der Waals surface area contributed by atoms with Crippen LogP contribution in [0.25, 0.3) is 88.4 Å². The van der Waals surface area contributed by atoms with E-state index in [1.165, 1.54) is 32.6 Å². The average molecular weight is 921 g/mol. The van der Waals surface area contributed by atoms with E-state index in [2.05, 4.69) is 221 Å². The molecule has 2 aliphatic rings. The first-order chi connectivity index (χ1) is 35.7. The predicted molar refractivity (Wildman–Crippen MR) is 296 cm³/mol. The monoisotopic (exact) mass is 920 g/mol. The summed E-state index contributed by atoms with van der Waals surface area (Å²) in [4.78, 5) is 0. The van der Waals surface area contributed by atoms with Gasteiger partial charge in [-0.25, -0.2) is 0 Å². The second-order valence-electron chi connectivity index (χ2n) is 18.8. The van der Waals surface area contributed by atoms with Crippen LogP contribution in [0.2, 0.25) is 0 Å². The van der Waals surface area contributed by atoms with Crippen molar-refractivity contribution in [3.63, 3.8) is 0 Å². The molecular weight excluding hydrogens is 880 g/mol. The number of fused-ring (bicyclic) bond motifs is 10. The largest absolute Gasteiger partial charge is 0.458 e. The predicted octanol–water partition coefficient (Wildman–Crippen LogP) is 15.4. The Labute approximate surface area is 416 Å². The molecule has 0 spiro atoms. The molecule has 0 bridgehead atoms. The molecule has 4 heterocycles. The quantitative estimate of drug-likeness (QED) is 0.150. The van der Waals surface area contributed by atoms with Gasteiger partial charge in [0.15, 0.2) is 0 Å². The lowest BCUT2D eigenvalue weighted by Gasteiger charge is -2.33. The van der Waals surface area contributed by atoms with Gasteiger partial charge in [-0.15, -0.1) is 0 Å². The molecule has 0 amide bonds. The highest BCUT2D eigenvalue weighted by Crippen LogP contribution is 2.44. The summed E-state index contributed by atoms with van der Waals surface area (Å²) >= 11 is 0. The van der Waals surface area contributed by atoms with Crippen LogP contribution < -0.4 is 30.6 Å². The van der Waals surface area contributed by atoms with E-state index < -0.39 is 0 Å². The Kier molecular flexibility index (Phi) is 8.99. The van der Waals surface area contributed by atoms with E-state index in [-0.39, 0.29) is 6.71 Å². The van der Waals surface area contributed by atoms with Crippen LogP contribution in [0.5, 0.6) is 34.5 Å². The molecule has 0 atom stereocenters. The van der Waals surface area contributed by atoms with Crippen molar-refractivity contribution >= 4 is 66.7 Å². The number of rotatable bonds is 7. The number of aromatic nitrogens is 2. The van der Waals surface area contributed by atoms with Crippen LogP contribution in [0.1, 0.15) is 0 Å². The molecule has 13 aromatic rings. The molecule has 2 aliphatic heterocycles. The molecule has 0 saturated heterocycles. The molecule has 5 nitrogen and oxygen atoms in total. The fraction of sp³-hybridized carbons (Fsp3) is 0. The molecule has 0 N–H and O–H groups in total. The highest BCUT2D eigenvalue weighted by Gasteiger charge is 2.41. The molecule has 336 valence electrons. The van der Waals surface area contributed by atoms with Crippen molar-refractivity contribution in [2.24, 2.45) is 0 Å². The SMILES string of the molecule is c1ccc(-c2ccccc2Oc2cc3c4c(c2)Oc2cc(-c5ccc6c7ccccc7n(-c7ccccc7)c6c5)ccc2B4c2ccc(-c4ccc5c6ccccc6n(-c6ccccc6)c5c4)cc2O3)cc1. The Bertz CT molecular complexity index is 4080. The van der Waals surface area contributed by atoms with E-state index in [1.807, 2.05) is 36.4 Å². The number of para-hydroxylation sites is 5. The number of nitrogens with zero attached hydrogens (tertiary/aromatic N) is 2. The van der Waals surface area contributed by atoms with Crippen LogP contribution in [0, 0.1) is 0 Å². The van der Waals surface area contributed by atoms with Crippen molar-refractivity contribution < 1.29 is 14.2 Å². The summed E-state index contributed by atoms with van der Waals surface area (Å²) in [5.41, 5.74) is 16.5. The minimum absolute atomic E-state index is 0.151. The molecule has 72 heavy (non-hydrogen) atoms. The zero-order valence-electron chi connectivity index (χ0n) is 38.9. The minimum Gasteiger partial charge on any atom is -0.458 e. The second-order valence-corrected chi connectivity index (χ2v) is 18.8. The topological polar surface area (TPSA) is 37.5 Å². The van der Waals surface area contributed by atoms with Gasteiger partial charge in [0.25, 0.3) is 6.71 Å². The molecule has 0 unspecified atom stereocenters. The Morgan fingerprint density at radius 3 is 1.29 bits per heavy atom. The van der Waals surface area contributed by atoms with Crippen LogP contribution in [-0.2, 0) is 0 Å². The standard InChI is InChI=1S/C66H41BN2O3/c1-4-16-42(17-5-1)50-22-12-15-27-61(50)70-49-40-64-66-65(41-49)72-63-39-46(44-29-33-54-52-24-11-14-26-58(52)69(60(54)37-44)48-20-8-3-9-21-48)31-35-56(63)67(66)55-34-30-45(38-62(55)71-64)43-28-32-53-51-23-10-13-25-57(51)68(59(53)36-43)47-18-6-2-7-19-47/h1-41H. The van der Waals surface area contributed by atoms with E-state index in [0.717, 1.165) is 89.4 Å². The van der Waals surface area contributed by atoms with Crippen molar-refractivity contribution in [2.45, 2.75) is 0 Å². The van der Waals surface area contributed by atoms with Gasteiger partial charge in [-0.2, -0.15) is 0 Å². The van der Waals surface area contributed by atoms with Gasteiger partial charge in [-0.3, -0.25) is 0 Å². The minimum atomic E-state index is -0.151. The summed E-state index contributed by atoms with van der Waals surface area (Å²) in [5.74, 6) is 4.40. The fourth-order valence-electron chi connectivity index (χ4n) is 11.4. The normalized spacial score (nSPS) is 12.4. The maximum absolute atomic E-state index is 7.06. The zero-order valence-corrected chi connectivity index (χ0v) is 38.9. The Balaban J connectivity index is 0.877. The highest BCUT2D eigenvalue weighted by molar-refractivity contribution is 6.98. The van der Waals surface area contributed by atoms with Gasteiger partial charge in [-0.1, -0.05) is 170 Å². The van der Waals surface area contributed by atoms with Crippen molar-refractivity contribution in [3.8, 4) is 79.3 Å². The first-order valence-electron chi connectivity index (χ1n) is 24.5. The van der Waals surface area contributed by atoms with E-state index in [1.54, 1.807) is 0 Å². The lowest BCUT2D eigenvalue weighted by atomic mass is 9.35. The summed E-state index contributed by atoms with van der Waals surface area (Å²) in [6.07, 6.45) is 0. The molecule has 11 aromatic carbocycles. The Morgan fingerprint density at radius 1 is 0.319 bits per heavy atom. The first kappa shape index (κ1) is 40.4. The van der Waals surface area contributed by atoms with Crippen molar-refractivity contribution in [3.05, 3.63) is 249 Å². The van der Waals surface area contributed by atoms with Crippen LogP contribution in [0.4, 0.5) is 0 Å². The van der Waals surface area contributed by atoms with Gasteiger partial charge < -0.3 is 23.3 Å². The van der Waals surface area contributed by atoms with Crippen molar-refractivity contribution in [1.29, 1.82) is 0 Å². The van der Waals surface area contributed by atoms with Gasteiger partial charge in [0, 0.05) is 56.1 Å². The van der Waals surface area contributed by atoms with Crippen molar-refractivity contribution in [2.75, 3.05) is 0 Å². The summed E-state index contributed by atoms with van der Waals surface area (Å²) in [6.45, 7) is -0.151. The lowest BCUT2D eigenvalue weighted by molar-refractivity contribution is 0.443. The number of benzene rings is 11. The summed E-state index contributed by atoms with van der Waals surface area (Å²) in [7, 11) is 0. The number of hydrogen-bond acceptors (Lipinski definition) is 3. The van der Waals surface area contributed by atoms with Crippen LogP contribution >= 0.6 is 0 Å². The maximum atomic E-state index is 7.06. The van der Waals surface area contributed by atoms with Crippen molar-refractivity contribution in [1.82, 2.24) is 9.13 Å². The molecule has 0 fully saturated rings. The Morgan fingerprint density at radius 2 is 0.750 bits per heavy atom. The van der Waals surface area contributed by atoms with Gasteiger partial charge in [0.2, 0.25) is 0 Å². The molecule has 0 aliphatic carbocycles. The summed E-state index contributed by atoms with van der Waals surface area (Å²) in [6, 6.07) is 88.1. The van der Waals surface area contributed by atoms with Gasteiger partial charge >= 0.3 is 0 Å². The molecule has 0 radical (unpaired) electrons. The zero-order chi connectivity index (χ0) is 47.3. The lowest BCUT2D eigenvalue weighted by Crippen LogP contribution is -2.57. The van der Waals surface area contributed by atoms with Gasteiger partial charge in [0.05, 0.1) is 22.1 Å². The fourth-order valence-corrected chi connectivity index (χ4v) is 11.4. The van der Waals surface area contributed by atoms with Crippen LogP contribution in [0.3, 0.4) is 0 Å². The maximum Gasteiger partial charge on any atom is 0.260 e. The molecule has 15 rings (SSSR count). The van der Waals surface area contributed by atoms with E-state index in [0.29, 0.717) is 17.2 Å². The first-order valence-corrected chi connectivity index (χ1v) is 24.5. The molecule has 6 heteroatoms. The summed E-state index contributed by atoms with van der Waals surface area (Å²) < 4.78 is 25.7. The smallest absolute Gasteiger partial charge is 0.260 e. The van der Waals surface area contributed by atoms with E-state index in [9.17, 15) is 0 Å². The molecule has 0 saturated carbocycles. The van der Waals surface area contributed by atoms with Crippen LogP contribution in [0.15, 0.2) is 249 Å². The second kappa shape index (κ2) is 16.0. The average Bonchev–Trinajstić information content (AvgIpc) is 3.95. The van der Waals surface area contributed by atoms with Gasteiger partial charge in [0.1, 0.15) is 34.5 Å². The third kappa shape index (κ3) is 6.36. The molecule has 2 aromatic heterocycles. The Hall–Kier alpha value is -9.52. The highest BCUT2D eigenvalue weighted by atomic mass is 16.5. The van der Waals surface area contributed by atoms with E-state index in [4.69, 9.17) is 14.2 Å². The van der Waals surface area contributed by atoms with Crippen LogP contribution in [-0.4, -0.2) is 15.8 Å². The number of hydrogen-bond donors (Lipinski definition) is 0. The number of ether oxygens (including phenoxy) is 3. The third-order valence-corrected chi connectivity index (χ3v) is 14.7.